The Bertz CT molecular complexity index is 336. The molecule has 6 nitrogen and oxygen atoms in total. The van der Waals surface area contributed by atoms with Crippen molar-refractivity contribution < 1.29 is 24.2 Å². The summed E-state index contributed by atoms with van der Waals surface area (Å²) in [5.41, 5.74) is -0.592. The van der Waals surface area contributed by atoms with Gasteiger partial charge in [-0.05, 0) is 40.0 Å². The minimum atomic E-state index is -1.05. The second kappa shape index (κ2) is 6.23. The zero-order valence-corrected chi connectivity index (χ0v) is 12.0. The molecule has 1 rings (SSSR count). The van der Waals surface area contributed by atoms with Crippen molar-refractivity contribution >= 4 is 12.1 Å². The van der Waals surface area contributed by atoms with E-state index < -0.39 is 29.8 Å². The topological polar surface area (TPSA) is 76.1 Å². The standard InChI is InChI=1S/C13H23NO5/c1-13(2,3)19-12(17)14-8-6-5-7-9(14)10(18-4)11(15)16/h9-10H,5-8H2,1-4H3,(H,15,16)/t9-,10+/m1/s1. The molecule has 0 unspecified atom stereocenters. The molecule has 110 valence electrons. The van der Waals surface area contributed by atoms with Crippen LogP contribution in [0.4, 0.5) is 4.79 Å². The van der Waals surface area contributed by atoms with Gasteiger partial charge in [0, 0.05) is 13.7 Å². The zero-order chi connectivity index (χ0) is 14.6. The number of aliphatic carboxylic acids is 1. The summed E-state index contributed by atoms with van der Waals surface area (Å²) in [6, 6.07) is -0.467. The monoisotopic (exact) mass is 273 g/mol. The van der Waals surface area contributed by atoms with Gasteiger partial charge < -0.3 is 19.5 Å². The third-order valence-electron chi connectivity index (χ3n) is 3.02. The predicted molar refractivity (Wildman–Crippen MR) is 69.0 cm³/mol. The molecule has 6 heteroatoms. The van der Waals surface area contributed by atoms with Gasteiger partial charge >= 0.3 is 12.1 Å². The summed E-state index contributed by atoms with van der Waals surface area (Å²) in [6.07, 6.45) is 0.876. The molecule has 0 aromatic rings. The van der Waals surface area contributed by atoms with Gasteiger partial charge in [-0.25, -0.2) is 9.59 Å². The Morgan fingerprint density at radius 1 is 1.32 bits per heavy atom. The highest BCUT2D eigenvalue weighted by Gasteiger charge is 2.38. The van der Waals surface area contributed by atoms with Crippen LogP contribution in [0.5, 0.6) is 0 Å². The van der Waals surface area contributed by atoms with Crippen molar-refractivity contribution in [3.8, 4) is 0 Å². The number of nitrogens with zero attached hydrogens (tertiary/aromatic N) is 1. The van der Waals surface area contributed by atoms with Crippen LogP contribution in [0, 0.1) is 0 Å². The van der Waals surface area contributed by atoms with Gasteiger partial charge in [-0.1, -0.05) is 0 Å². The molecule has 0 saturated carbocycles. The van der Waals surface area contributed by atoms with Crippen LogP contribution in [0.3, 0.4) is 0 Å². The fourth-order valence-electron chi connectivity index (χ4n) is 2.24. The molecule has 1 aliphatic heterocycles. The smallest absolute Gasteiger partial charge is 0.410 e. The fraction of sp³-hybridized carbons (Fsp3) is 0.846. The van der Waals surface area contributed by atoms with Crippen molar-refractivity contribution in [2.75, 3.05) is 13.7 Å². The molecule has 1 saturated heterocycles. The van der Waals surface area contributed by atoms with Gasteiger partial charge in [0.05, 0.1) is 6.04 Å². The molecule has 0 aromatic heterocycles. The first-order valence-electron chi connectivity index (χ1n) is 6.51. The molecule has 19 heavy (non-hydrogen) atoms. The van der Waals surface area contributed by atoms with E-state index in [1.54, 1.807) is 20.8 Å². The second-order valence-electron chi connectivity index (χ2n) is 5.73. The molecule has 0 radical (unpaired) electrons. The molecule has 0 bridgehead atoms. The average Bonchev–Trinajstić information content (AvgIpc) is 2.27. The lowest BCUT2D eigenvalue weighted by Gasteiger charge is -2.38. The summed E-state index contributed by atoms with van der Waals surface area (Å²) < 4.78 is 10.3. The van der Waals surface area contributed by atoms with E-state index in [2.05, 4.69) is 0 Å². The Morgan fingerprint density at radius 3 is 2.42 bits per heavy atom. The molecular formula is C13H23NO5. The van der Waals surface area contributed by atoms with E-state index in [-0.39, 0.29) is 0 Å². The summed E-state index contributed by atoms with van der Waals surface area (Å²) in [4.78, 5) is 24.8. The number of carbonyl (C=O) groups excluding carboxylic acids is 1. The first kappa shape index (κ1) is 15.8. The fourth-order valence-corrected chi connectivity index (χ4v) is 2.24. The number of hydrogen-bond acceptors (Lipinski definition) is 4. The number of amides is 1. The first-order valence-corrected chi connectivity index (χ1v) is 6.51. The van der Waals surface area contributed by atoms with Crippen molar-refractivity contribution in [3.05, 3.63) is 0 Å². The second-order valence-corrected chi connectivity index (χ2v) is 5.73. The maximum atomic E-state index is 12.1. The number of ether oxygens (including phenoxy) is 2. The minimum absolute atomic E-state index is 0.467. The third-order valence-corrected chi connectivity index (χ3v) is 3.02. The number of carboxylic acid groups (broad SMARTS) is 1. The molecule has 1 aliphatic rings. The normalized spacial score (nSPS) is 21.9. The Morgan fingerprint density at radius 2 is 1.95 bits per heavy atom. The highest BCUT2D eigenvalue weighted by Crippen LogP contribution is 2.24. The molecule has 2 atom stereocenters. The molecule has 1 N–H and O–H groups in total. The summed E-state index contributed by atoms with van der Waals surface area (Å²) >= 11 is 0. The Balaban J connectivity index is 2.82. The largest absolute Gasteiger partial charge is 0.479 e. The van der Waals surface area contributed by atoms with Crippen molar-refractivity contribution in [2.24, 2.45) is 0 Å². The molecule has 1 amide bonds. The van der Waals surface area contributed by atoms with Crippen molar-refractivity contribution in [1.82, 2.24) is 4.90 Å². The quantitative estimate of drug-likeness (QED) is 0.849. The number of piperidine rings is 1. The van der Waals surface area contributed by atoms with Crippen molar-refractivity contribution in [3.63, 3.8) is 0 Å². The molecule has 1 heterocycles. The van der Waals surface area contributed by atoms with Crippen LogP contribution in [0.25, 0.3) is 0 Å². The Kier molecular flexibility index (Phi) is 5.17. The Labute approximate surface area is 113 Å². The molecular weight excluding hydrogens is 250 g/mol. The van der Waals surface area contributed by atoms with E-state index in [0.29, 0.717) is 13.0 Å². The molecule has 0 aliphatic carbocycles. The zero-order valence-electron chi connectivity index (χ0n) is 12.0. The highest BCUT2D eigenvalue weighted by molar-refractivity contribution is 5.75. The summed E-state index contributed by atoms with van der Waals surface area (Å²) in [5.74, 6) is -1.05. The summed E-state index contributed by atoms with van der Waals surface area (Å²) in [5, 5.41) is 9.15. The van der Waals surface area contributed by atoms with Gasteiger partial charge in [-0.3, -0.25) is 0 Å². The average molecular weight is 273 g/mol. The van der Waals surface area contributed by atoms with Gasteiger partial charge in [0.15, 0.2) is 6.10 Å². The van der Waals surface area contributed by atoms with Crippen LogP contribution in [0.15, 0.2) is 0 Å². The maximum absolute atomic E-state index is 12.1. The maximum Gasteiger partial charge on any atom is 0.410 e. The molecule has 0 aromatic carbocycles. The number of methoxy groups -OCH3 is 1. The summed E-state index contributed by atoms with van der Waals surface area (Å²) in [7, 11) is 1.35. The lowest BCUT2D eigenvalue weighted by Crippen LogP contribution is -2.54. The van der Waals surface area contributed by atoms with Crippen LogP contribution in [0.1, 0.15) is 40.0 Å². The van der Waals surface area contributed by atoms with E-state index in [1.807, 2.05) is 0 Å². The van der Waals surface area contributed by atoms with Crippen LogP contribution in [-0.2, 0) is 14.3 Å². The number of carbonyl (C=O) groups is 2. The SMILES string of the molecule is CO[C@H](C(=O)O)[C@H]1CCCCN1C(=O)OC(C)(C)C. The van der Waals surface area contributed by atoms with Crippen LogP contribution < -0.4 is 0 Å². The van der Waals surface area contributed by atoms with E-state index in [1.165, 1.54) is 12.0 Å². The highest BCUT2D eigenvalue weighted by atomic mass is 16.6. The van der Waals surface area contributed by atoms with E-state index in [0.717, 1.165) is 12.8 Å². The first-order chi connectivity index (χ1) is 8.76. The summed E-state index contributed by atoms with van der Waals surface area (Å²) in [6.45, 7) is 5.87. The van der Waals surface area contributed by atoms with E-state index in [9.17, 15) is 9.59 Å². The number of carboxylic acids is 1. The van der Waals surface area contributed by atoms with Crippen molar-refractivity contribution in [2.45, 2.75) is 57.8 Å². The molecule has 1 fully saturated rings. The number of rotatable bonds is 3. The van der Waals surface area contributed by atoms with Gasteiger partial charge in [-0.15, -0.1) is 0 Å². The van der Waals surface area contributed by atoms with Gasteiger partial charge in [0.1, 0.15) is 5.60 Å². The van der Waals surface area contributed by atoms with Crippen LogP contribution >= 0.6 is 0 Å². The molecule has 0 spiro atoms. The van der Waals surface area contributed by atoms with Crippen LogP contribution in [-0.4, -0.2) is 53.5 Å². The Hall–Kier alpha value is -1.30. The van der Waals surface area contributed by atoms with Gasteiger partial charge in [0.2, 0.25) is 0 Å². The van der Waals surface area contributed by atoms with Gasteiger partial charge in [-0.2, -0.15) is 0 Å². The van der Waals surface area contributed by atoms with Crippen molar-refractivity contribution in [1.29, 1.82) is 0 Å². The predicted octanol–water partition coefficient (Wildman–Crippen LogP) is 1.88. The van der Waals surface area contributed by atoms with Crippen LogP contribution in [0.2, 0.25) is 0 Å². The lowest BCUT2D eigenvalue weighted by molar-refractivity contribution is -0.153. The van der Waals surface area contributed by atoms with E-state index in [4.69, 9.17) is 14.6 Å². The number of hydrogen-bond donors (Lipinski definition) is 1. The lowest BCUT2D eigenvalue weighted by atomic mass is 9.97. The van der Waals surface area contributed by atoms with E-state index >= 15 is 0 Å². The van der Waals surface area contributed by atoms with Gasteiger partial charge in [0.25, 0.3) is 0 Å². The minimum Gasteiger partial charge on any atom is -0.479 e. The third kappa shape index (κ3) is 4.38. The number of likely N-dealkylation sites (tertiary alicyclic amines) is 1.